The van der Waals surface area contributed by atoms with Crippen LogP contribution in [-0.2, 0) is 9.53 Å². The van der Waals surface area contributed by atoms with Crippen LogP contribution in [0, 0.1) is 0 Å². The summed E-state index contributed by atoms with van der Waals surface area (Å²) < 4.78 is 4.60. The van der Waals surface area contributed by atoms with E-state index in [4.69, 9.17) is 0 Å². The third-order valence-electron chi connectivity index (χ3n) is 2.18. The van der Waals surface area contributed by atoms with Gasteiger partial charge in [0.2, 0.25) is 0 Å². The number of unbranched alkanes of at least 4 members (excludes halogenated alkanes) is 7. The maximum Gasteiger partial charge on any atom is 0.293 e. The molecule has 0 aromatic rings. The summed E-state index contributed by atoms with van der Waals surface area (Å²) in [6.45, 7) is 3.36. The van der Waals surface area contributed by atoms with E-state index in [1.165, 1.54) is 44.9 Å². The van der Waals surface area contributed by atoms with Gasteiger partial charge in [-0.2, -0.15) is 0 Å². The average Bonchev–Trinajstić information content (AvgIpc) is 2.16. The molecule has 86 valence electrons. The second kappa shape index (κ2) is 14.9. The third-order valence-corrected chi connectivity index (χ3v) is 2.18. The topological polar surface area (TPSA) is 57.8 Å². The van der Waals surface area contributed by atoms with E-state index in [2.05, 4.69) is 11.7 Å². The van der Waals surface area contributed by atoms with Crippen molar-refractivity contribution in [2.45, 2.75) is 58.3 Å². The zero-order valence-electron chi connectivity index (χ0n) is 9.26. The lowest BCUT2D eigenvalue weighted by atomic mass is 10.1. The van der Waals surface area contributed by atoms with Crippen LogP contribution in [0.15, 0.2) is 0 Å². The lowest BCUT2D eigenvalue weighted by molar-refractivity contribution is -0.128. The van der Waals surface area contributed by atoms with Gasteiger partial charge in [0.15, 0.2) is 0 Å². The van der Waals surface area contributed by atoms with Crippen LogP contribution in [0.5, 0.6) is 0 Å². The van der Waals surface area contributed by atoms with Crippen LogP contribution >= 0.6 is 0 Å². The molecule has 0 aromatic heterocycles. The van der Waals surface area contributed by atoms with Gasteiger partial charge in [0.05, 0.1) is 6.61 Å². The molecule has 0 aromatic carbocycles. The van der Waals surface area contributed by atoms with E-state index in [0.29, 0.717) is 13.1 Å². The van der Waals surface area contributed by atoms with Crippen molar-refractivity contribution in [3.63, 3.8) is 0 Å². The monoisotopic (exact) mass is 204 g/mol. The molecule has 0 unspecified atom stereocenters. The third kappa shape index (κ3) is 14.0. The van der Waals surface area contributed by atoms with Gasteiger partial charge in [-0.05, 0) is 6.42 Å². The lowest BCUT2D eigenvalue weighted by Crippen LogP contribution is -1.91. The minimum absolute atomic E-state index is 0. The Bertz CT molecular complexity index is 105. The highest BCUT2D eigenvalue weighted by molar-refractivity contribution is 5.36. The number of hydrogen-bond acceptors (Lipinski definition) is 2. The largest absolute Gasteiger partial charge is 0.468 e. The van der Waals surface area contributed by atoms with Gasteiger partial charge in [0.1, 0.15) is 0 Å². The molecule has 0 aliphatic heterocycles. The minimum Gasteiger partial charge on any atom is -0.468 e. The van der Waals surface area contributed by atoms with Crippen molar-refractivity contribution in [3.05, 3.63) is 0 Å². The summed E-state index contributed by atoms with van der Waals surface area (Å²) in [5.41, 5.74) is 0. The Balaban J connectivity index is 0. The summed E-state index contributed by atoms with van der Waals surface area (Å²) in [6.07, 6.45) is 10.3. The van der Waals surface area contributed by atoms with E-state index in [1.807, 2.05) is 0 Å². The second-order valence-corrected chi connectivity index (χ2v) is 3.44. The van der Waals surface area contributed by atoms with Gasteiger partial charge in [-0.1, -0.05) is 51.9 Å². The Hall–Kier alpha value is -0.570. The smallest absolute Gasteiger partial charge is 0.293 e. The molecule has 2 N–H and O–H groups in total. The molecule has 3 nitrogen and oxygen atoms in total. The number of hydrogen-bond donors (Lipinski definition) is 0. The number of rotatable bonds is 10. The molecule has 0 spiro atoms. The highest BCUT2D eigenvalue weighted by Gasteiger charge is 1.91. The number of carbonyl (C=O) groups is 1. The van der Waals surface area contributed by atoms with Gasteiger partial charge in [0, 0.05) is 0 Å². The molecular weight excluding hydrogens is 180 g/mol. The first-order chi connectivity index (χ1) is 6.41. The fourth-order valence-electron chi connectivity index (χ4n) is 1.37. The fraction of sp³-hybridized carbons (Fsp3) is 0.909. The van der Waals surface area contributed by atoms with Gasteiger partial charge < -0.3 is 10.2 Å². The van der Waals surface area contributed by atoms with E-state index in [1.54, 1.807) is 0 Å². The molecule has 0 atom stereocenters. The molecule has 0 saturated carbocycles. The first kappa shape index (κ1) is 15.9. The van der Waals surface area contributed by atoms with Crippen LogP contribution in [0.1, 0.15) is 58.3 Å². The van der Waals surface area contributed by atoms with Gasteiger partial charge in [0.25, 0.3) is 6.47 Å². The standard InChI is InChI=1S/C11H22O2.H2O/c1-2-3-4-5-6-7-8-9-10-13-11-12;/h11H,2-10H2,1H3;1H2. The van der Waals surface area contributed by atoms with Crippen molar-refractivity contribution in [1.29, 1.82) is 0 Å². The Morgan fingerprint density at radius 3 is 1.93 bits per heavy atom. The zero-order valence-corrected chi connectivity index (χ0v) is 9.26. The minimum atomic E-state index is 0. The molecule has 0 amide bonds. The van der Waals surface area contributed by atoms with E-state index >= 15 is 0 Å². The molecule has 0 fully saturated rings. The normalized spacial score (nSPS) is 9.21. The van der Waals surface area contributed by atoms with E-state index in [9.17, 15) is 4.79 Å². The Morgan fingerprint density at radius 1 is 0.929 bits per heavy atom. The van der Waals surface area contributed by atoms with E-state index < -0.39 is 0 Å². The highest BCUT2D eigenvalue weighted by atomic mass is 16.5. The molecule has 3 heteroatoms. The van der Waals surface area contributed by atoms with Crippen molar-refractivity contribution in [1.82, 2.24) is 0 Å². The summed E-state index contributed by atoms with van der Waals surface area (Å²) in [5.74, 6) is 0. The summed E-state index contributed by atoms with van der Waals surface area (Å²) in [5, 5.41) is 0. The first-order valence-corrected chi connectivity index (χ1v) is 5.47. The second-order valence-electron chi connectivity index (χ2n) is 3.44. The zero-order chi connectivity index (χ0) is 9.78. The predicted octanol–water partition coefficient (Wildman–Crippen LogP) is 2.48. The molecular formula is C11H24O3. The molecule has 0 aliphatic carbocycles. The fourth-order valence-corrected chi connectivity index (χ4v) is 1.37. The van der Waals surface area contributed by atoms with E-state index in [0.717, 1.165) is 6.42 Å². The Kier molecular flexibility index (Phi) is 16.9. The van der Waals surface area contributed by atoms with Crippen molar-refractivity contribution in [3.8, 4) is 0 Å². The van der Waals surface area contributed by atoms with Crippen LogP contribution in [0.2, 0.25) is 0 Å². The SMILES string of the molecule is CCCCCCCCCCOC=O.O. The maximum atomic E-state index is 9.79. The summed E-state index contributed by atoms with van der Waals surface area (Å²) in [4.78, 5) is 9.79. The average molecular weight is 204 g/mol. The molecule has 14 heavy (non-hydrogen) atoms. The van der Waals surface area contributed by atoms with Crippen LogP contribution in [0.3, 0.4) is 0 Å². The summed E-state index contributed by atoms with van der Waals surface area (Å²) in [7, 11) is 0. The van der Waals surface area contributed by atoms with Crippen molar-refractivity contribution in [2.24, 2.45) is 0 Å². The molecule has 0 rings (SSSR count). The van der Waals surface area contributed by atoms with Gasteiger partial charge in [-0.3, -0.25) is 4.79 Å². The van der Waals surface area contributed by atoms with Crippen molar-refractivity contribution >= 4 is 6.47 Å². The quantitative estimate of drug-likeness (QED) is 0.405. The highest BCUT2D eigenvalue weighted by Crippen LogP contribution is 2.07. The van der Waals surface area contributed by atoms with Crippen LogP contribution < -0.4 is 0 Å². The van der Waals surface area contributed by atoms with Gasteiger partial charge in [-0.25, -0.2) is 0 Å². The van der Waals surface area contributed by atoms with Gasteiger partial charge >= 0.3 is 0 Å². The predicted molar refractivity (Wildman–Crippen MR) is 58.2 cm³/mol. The van der Waals surface area contributed by atoms with Crippen LogP contribution in [-0.4, -0.2) is 18.6 Å². The number of carbonyl (C=O) groups excluding carboxylic acids is 1. The maximum absolute atomic E-state index is 9.79. The van der Waals surface area contributed by atoms with Gasteiger partial charge in [-0.15, -0.1) is 0 Å². The Labute approximate surface area is 87.1 Å². The lowest BCUT2D eigenvalue weighted by Gasteiger charge is -2.00. The van der Waals surface area contributed by atoms with Crippen molar-refractivity contribution in [2.75, 3.05) is 6.61 Å². The van der Waals surface area contributed by atoms with E-state index in [-0.39, 0.29) is 5.48 Å². The summed E-state index contributed by atoms with van der Waals surface area (Å²) >= 11 is 0. The number of ether oxygens (including phenoxy) is 1. The first-order valence-electron chi connectivity index (χ1n) is 5.47. The molecule has 0 radical (unpaired) electrons. The Morgan fingerprint density at radius 2 is 1.43 bits per heavy atom. The van der Waals surface area contributed by atoms with Crippen LogP contribution in [0.4, 0.5) is 0 Å². The molecule has 0 aliphatic rings. The molecule has 0 saturated heterocycles. The molecule has 0 heterocycles. The molecule has 0 bridgehead atoms. The van der Waals surface area contributed by atoms with Crippen molar-refractivity contribution < 1.29 is 15.0 Å². The van der Waals surface area contributed by atoms with Crippen LogP contribution in [0.25, 0.3) is 0 Å². The summed E-state index contributed by atoms with van der Waals surface area (Å²) in [6, 6.07) is 0.